The van der Waals surface area contributed by atoms with Crippen molar-refractivity contribution >= 4 is 39.7 Å². The number of ether oxygens (including phenoxy) is 3. The van der Waals surface area contributed by atoms with E-state index in [2.05, 4.69) is 120 Å². The zero-order valence-corrected chi connectivity index (χ0v) is 35.3. The number of phenols is 1. The van der Waals surface area contributed by atoms with E-state index in [-0.39, 0.29) is 17.6 Å². The number of methoxy groups -OCH3 is 2. The van der Waals surface area contributed by atoms with Crippen LogP contribution < -0.4 is 14.2 Å². The lowest BCUT2D eigenvalue weighted by Gasteiger charge is -2.38. The zero-order chi connectivity index (χ0) is 40.1. The highest BCUT2D eigenvalue weighted by Gasteiger charge is 2.38. The second-order valence-corrected chi connectivity index (χ2v) is 17.3. The largest absolute Gasteiger partial charge is 0.508 e. The third kappa shape index (κ3) is 8.97. The molecule has 290 valence electrons. The summed E-state index contributed by atoms with van der Waals surface area (Å²) < 4.78 is 16.9. The Morgan fingerprint density at radius 3 is 1.88 bits per heavy atom. The number of aromatic hydroxyl groups is 1. The van der Waals surface area contributed by atoms with Crippen LogP contribution >= 0.6 is 22.6 Å². The number of alkyl halides is 1. The second-order valence-electron chi connectivity index (χ2n) is 15.7. The Morgan fingerprint density at radius 2 is 1.25 bits per heavy atom. The van der Waals surface area contributed by atoms with Gasteiger partial charge in [0.15, 0.2) is 0 Å². The maximum absolute atomic E-state index is 12.3. The molecule has 0 saturated heterocycles. The molecular formula is C51H49IO5. The number of rotatable bonds is 7. The topological polar surface area (TPSA) is 65.0 Å². The van der Waals surface area contributed by atoms with E-state index < -0.39 is 5.41 Å². The third-order valence-electron chi connectivity index (χ3n) is 10.9. The van der Waals surface area contributed by atoms with Crippen LogP contribution in [-0.2, 0) is 17.6 Å². The van der Waals surface area contributed by atoms with Gasteiger partial charge in [-0.1, -0.05) is 120 Å². The van der Waals surface area contributed by atoms with Crippen molar-refractivity contribution in [1.82, 2.24) is 0 Å². The fourth-order valence-electron chi connectivity index (χ4n) is 7.98. The van der Waals surface area contributed by atoms with Crippen LogP contribution in [0.2, 0.25) is 0 Å². The van der Waals surface area contributed by atoms with Gasteiger partial charge in [-0.2, -0.15) is 0 Å². The number of allylic oxidation sites excluding steroid dienone is 1. The Kier molecular flexibility index (Phi) is 12.2. The molecule has 5 nitrogen and oxygen atoms in total. The molecule has 0 aliphatic heterocycles. The molecule has 0 amide bonds. The molecule has 8 rings (SSSR count). The van der Waals surface area contributed by atoms with Gasteiger partial charge in [0, 0.05) is 15.8 Å². The Labute approximate surface area is 350 Å². The highest BCUT2D eigenvalue weighted by Crippen LogP contribution is 2.50. The summed E-state index contributed by atoms with van der Waals surface area (Å²) in [7, 11) is 3.42. The smallest absolute Gasteiger partial charge is 0.316 e. The molecule has 0 saturated carbocycles. The first kappa shape index (κ1) is 39.9. The van der Waals surface area contributed by atoms with Crippen LogP contribution in [0.1, 0.15) is 83.5 Å². The third-order valence-corrected chi connectivity index (χ3v) is 12.1. The number of benzene rings is 6. The summed E-state index contributed by atoms with van der Waals surface area (Å²) in [5.74, 6) is 3.00. The zero-order valence-electron chi connectivity index (χ0n) is 33.2. The molecule has 1 unspecified atom stereocenters. The predicted octanol–water partition coefficient (Wildman–Crippen LogP) is 12.2. The summed E-state index contributed by atoms with van der Waals surface area (Å²) in [5.41, 5.74) is 12.2. The van der Waals surface area contributed by atoms with E-state index in [4.69, 9.17) is 14.2 Å². The van der Waals surface area contributed by atoms with E-state index in [0.29, 0.717) is 15.6 Å². The number of hydrogen-bond acceptors (Lipinski definition) is 5. The van der Waals surface area contributed by atoms with Crippen LogP contribution in [0.3, 0.4) is 0 Å². The summed E-state index contributed by atoms with van der Waals surface area (Å²) in [6, 6.07) is 49.6. The second kappa shape index (κ2) is 17.4. The van der Waals surface area contributed by atoms with Gasteiger partial charge in [-0.05, 0) is 144 Å². The summed E-state index contributed by atoms with van der Waals surface area (Å²) in [5, 5.41) is 9.67. The quantitative estimate of drug-likeness (QED) is 0.0749. The van der Waals surface area contributed by atoms with Gasteiger partial charge >= 0.3 is 5.97 Å². The van der Waals surface area contributed by atoms with Gasteiger partial charge < -0.3 is 19.3 Å². The lowest BCUT2D eigenvalue weighted by Crippen LogP contribution is -2.29. The number of phenolic OH excluding ortho intramolecular Hbond substituents is 1. The van der Waals surface area contributed by atoms with Crippen LogP contribution in [-0.4, -0.2) is 29.2 Å². The van der Waals surface area contributed by atoms with Gasteiger partial charge in [0.2, 0.25) is 0 Å². The number of carbonyl (C=O) groups is 1. The molecule has 0 spiro atoms. The number of carbonyl (C=O) groups excluding carboxylic acids is 1. The van der Waals surface area contributed by atoms with Gasteiger partial charge in [0.05, 0.1) is 19.6 Å². The molecule has 6 heteroatoms. The van der Waals surface area contributed by atoms with E-state index in [1.807, 2.05) is 57.2 Å². The summed E-state index contributed by atoms with van der Waals surface area (Å²) >= 11 is 2.61. The predicted molar refractivity (Wildman–Crippen MR) is 239 cm³/mol. The van der Waals surface area contributed by atoms with Crippen molar-refractivity contribution in [3.63, 3.8) is 0 Å². The fourth-order valence-corrected chi connectivity index (χ4v) is 9.28. The molecule has 3 atom stereocenters. The number of halogens is 1. The minimum atomic E-state index is -0.535. The Balaban J connectivity index is 0.000000179. The minimum Gasteiger partial charge on any atom is -0.508 e. The standard InChI is InChI=1S/C28H29IO3.C23H20O2/c1-28(2,3)27(30)32-21-12-10-19(11-13-21)25-23-15-14-22(31-4)16-20(23)17-24(29)26(25)18-8-6-5-7-9-18;1-25-20-12-14-22-18(15-20)9-13-21(16-5-3-2-4-6-16)23(22)17-7-10-19(24)11-8-17/h5-16,24-26H,17H2,1-4H3;2-8,10-12,14-15,24H,9,13H2,1H3/t24-,25?,26+;/m0./s1. The van der Waals surface area contributed by atoms with Crippen LogP contribution in [0, 0.1) is 5.41 Å². The first-order valence-electron chi connectivity index (χ1n) is 19.5. The van der Waals surface area contributed by atoms with E-state index >= 15 is 0 Å². The van der Waals surface area contributed by atoms with Gasteiger partial charge in [-0.25, -0.2) is 0 Å². The van der Waals surface area contributed by atoms with Crippen LogP contribution in [0.5, 0.6) is 23.0 Å². The number of fused-ring (bicyclic) bond motifs is 2. The molecular weight excluding hydrogens is 819 g/mol. The van der Waals surface area contributed by atoms with Crippen molar-refractivity contribution in [2.75, 3.05) is 14.2 Å². The van der Waals surface area contributed by atoms with Crippen LogP contribution in [0.15, 0.2) is 146 Å². The van der Waals surface area contributed by atoms with Crippen LogP contribution in [0.25, 0.3) is 11.1 Å². The molecule has 0 aromatic heterocycles. The van der Waals surface area contributed by atoms with E-state index in [0.717, 1.165) is 36.3 Å². The van der Waals surface area contributed by atoms with Crippen LogP contribution in [0.4, 0.5) is 0 Å². The SMILES string of the molecule is COc1ccc2c(c1)CCC(c1ccccc1)=C2c1ccc(O)cc1.COc1ccc2c(c1)C[C@H](I)[C@@H](c1ccccc1)C2c1ccc(OC(=O)C(C)(C)C)cc1. The van der Waals surface area contributed by atoms with Gasteiger partial charge in [-0.3, -0.25) is 4.79 Å². The molecule has 0 fully saturated rings. The number of hydrogen-bond donors (Lipinski definition) is 1. The number of aryl methyl sites for hydroxylation is 1. The van der Waals surface area contributed by atoms with Crippen molar-refractivity contribution in [1.29, 1.82) is 0 Å². The molecule has 6 aromatic rings. The normalized spacial score (nSPS) is 17.3. The van der Waals surface area contributed by atoms with E-state index in [1.54, 1.807) is 26.4 Å². The molecule has 0 radical (unpaired) electrons. The number of esters is 1. The van der Waals surface area contributed by atoms with Crippen molar-refractivity contribution < 1.29 is 24.1 Å². The molecule has 2 aliphatic rings. The Bertz CT molecular complexity index is 2340. The lowest BCUT2D eigenvalue weighted by molar-refractivity contribution is -0.143. The average molecular weight is 869 g/mol. The van der Waals surface area contributed by atoms with E-state index in [1.165, 1.54) is 50.1 Å². The van der Waals surface area contributed by atoms with Gasteiger partial charge in [0.1, 0.15) is 23.0 Å². The molecule has 0 bridgehead atoms. The van der Waals surface area contributed by atoms with Gasteiger partial charge in [-0.15, -0.1) is 0 Å². The fraction of sp³-hybridized carbons (Fsp3) is 0.235. The Hall–Kier alpha value is -5.34. The lowest BCUT2D eigenvalue weighted by atomic mass is 9.69. The summed E-state index contributed by atoms with van der Waals surface area (Å²) in [4.78, 5) is 12.3. The summed E-state index contributed by atoms with van der Waals surface area (Å²) in [6.45, 7) is 5.59. The molecule has 57 heavy (non-hydrogen) atoms. The van der Waals surface area contributed by atoms with Crippen molar-refractivity contribution in [3.05, 3.63) is 190 Å². The molecule has 0 heterocycles. The first-order chi connectivity index (χ1) is 27.5. The van der Waals surface area contributed by atoms with E-state index in [9.17, 15) is 9.90 Å². The minimum absolute atomic E-state index is 0.210. The molecule has 1 N–H and O–H groups in total. The monoisotopic (exact) mass is 868 g/mol. The van der Waals surface area contributed by atoms with Crippen molar-refractivity contribution in [2.24, 2.45) is 5.41 Å². The molecule has 2 aliphatic carbocycles. The van der Waals surface area contributed by atoms with Crippen molar-refractivity contribution in [3.8, 4) is 23.0 Å². The molecule has 6 aromatic carbocycles. The van der Waals surface area contributed by atoms with Crippen molar-refractivity contribution in [2.45, 2.75) is 55.8 Å². The Morgan fingerprint density at radius 1 is 0.649 bits per heavy atom. The maximum Gasteiger partial charge on any atom is 0.316 e. The maximum atomic E-state index is 12.3. The first-order valence-corrected chi connectivity index (χ1v) is 20.7. The highest BCUT2D eigenvalue weighted by molar-refractivity contribution is 14.1. The summed E-state index contributed by atoms with van der Waals surface area (Å²) in [6.07, 6.45) is 2.99. The van der Waals surface area contributed by atoms with Gasteiger partial charge in [0.25, 0.3) is 0 Å². The average Bonchev–Trinajstić information content (AvgIpc) is 3.23. The highest BCUT2D eigenvalue weighted by atomic mass is 127.